The number of primary amides is 1. The number of benzene rings is 3. The van der Waals surface area contributed by atoms with Crippen LogP contribution in [0.15, 0.2) is 60.9 Å². The van der Waals surface area contributed by atoms with Crippen LogP contribution < -0.4 is 27.4 Å². The molecule has 1 saturated carbocycles. The van der Waals surface area contributed by atoms with E-state index >= 15 is 0 Å². The lowest BCUT2D eigenvalue weighted by Crippen LogP contribution is -2.48. The smallest absolute Gasteiger partial charge is 0.407 e. The Morgan fingerprint density at radius 1 is 1.00 bits per heavy atom. The minimum absolute atomic E-state index is 0.141. The molecule has 12 heteroatoms. The van der Waals surface area contributed by atoms with Gasteiger partial charge in [0.15, 0.2) is 0 Å². The van der Waals surface area contributed by atoms with E-state index in [1.54, 1.807) is 12.4 Å². The zero-order valence-corrected chi connectivity index (χ0v) is 28.4. The second-order valence-corrected chi connectivity index (χ2v) is 13.8. The van der Waals surface area contributed by atoms with Crippen molar-refractivity contribution in [3.05, 3.63) is 77.6 Å². The molecule has 0 aliphatic heterocycles. The van der Waals surface area contributed by atoms with Crippen molar-refractivity contribution in [2.75, 3.05) is 17.6 Å². The number of rotatable bonds is 10. The fraction of sp³-hybridized carbons (Fsp3) is 0.378. The predicted octanol–water partition coefficient (Wildman–Crippen LogP) is 5.22. The number of carbonyl (C=O) groups excluding carboxylic acids is 4. The summed E-state index contributed by atoms with van der Waals surface area (Å²) in [6.45, 7) is 7.98. The van der Waals surface area contributed by atoms with Gasteiger partial charge in [-0.3, -0.25) is 14.4 Å². The number of carbonyl (C=O) groups is 4. The summed E-state index contributed by atoms with van der Waals surface area (Å²) in [5, 5.41) is 8.68. The van der Waals surface area contributed by atoms with E-state index in [4.69, 9.17) is 16.2 Å². The topological polar surface area (TPSA) is 194 Å². The first-order valence-corrected chi connectivity index (χ1v) is 16.6. The van der Waals surface area contributed by atoms with E-state index in [1.807, 2.05) is 58.0 Å². The number of aromatic amines is 1. The molecule has 49 heavy (non-hydrogen) atoms. The Labute approximate surface area is 285 Å². The van der Waals surface area contributed by atoms with Crippen molar-refractivity contribution in [1.82, 2.24) is 20.6 Å². The number of hydrogen-bond acceptors (Lipinski definition) is 7. The first-order valence-electron chi connectivity index (χ1n) is 16.6. The molecule has 1 aliphatic rings. The summed E-state index contributed by atoms with van der Waals surface area (Å²) in [5.41, 5.74) is 17.4. The molecule has 3 aromatic carbocycles. The number of anilines is 2. The molecule has 0 spiro atoms. The average molecular weight is 668 g/mol. The highest BCUT2D eigenvalue weighted by Gasteiger charge is 2.30. The van der Waals surface area contributed by atoms with Gasteiger partial charge in [0.25, 0.3) is 5.91 Å². The van der Waals surface area contributed by atoms with Gasteiger partial charge in [-0.2, -0.15) is 0 Å². The minimum atomic E-state index is -0.885. The number of alkyl carbamates (subject to hydrolysis) is 1. The molecule has 0 bridgehead atoms. The normalized spacial score (nSPS) is 16.8. The third kappa shape index (κ3) is 9.16. The number of nitrogens with zero attached hydrogens (tertiary/aromatic N) is 1. The van der Waals surface area contributed by atoms with Crippen LogP contribution in [-0.4, -0.2) is 52.0 Å². The summed E-state index contributed by atoms with van der Waals surface area (Å²) < 4.78 is 5.33. The van der Waals surface area contributed by atoms with Crippen LogP contribution in [0.25, 0.3) is 22.2 Å². The molecule has 1 atom stereocenters. The van der Waals surface area contributed by atoms with Crippen LogP contribution in [0.5, 0.6) is 0 Å². The summed E-state index contributed by atoms with van der Waals surface area (Å²) in [7, 11) is 0. The number of amides is 4. The van der Waals surface area contributed by atoms with Gasteiger partial charge in [0, 0.05) is 30.3 Å². The largest absolute Gasteiger partial charge is 0.444 e. The molecule has 0 saturated heterocycles. The van der Waals surface area contributed by atoms with E-state index < -0.39 is 29.6 Å². The molecule has 8 N–H and O–H groups in total. The molecule has 1 heterocycles. The number of fused-ring (bicyclic) bond motifs is 1. The molecule has 0 unspecified atom stereocenters. The monoisotopic (exact) mass is 667 g/mol. The first kappa shape index (κ1) is 34.9. The maximum Gasteiger partial charge on any atom is 0.407 e. The number of hydrogen-bond donors (Lipinski definition) is 6. The molecule has 1 fully saturated rings. The summed E-state index contributed by atoms with van der Waals surface area (Å²) in [5.74, 6) is -1.30. The van der Waals surface area contributed by atoms with E-state index in [2.05, 4.69) is 32.0 Å². The van der Waals surface area contributed by atoms with Crippen molar-refractivity contribution >= 4 is 46.2 Å². The van der Waals surface area contributed by atoms with Crippen molar-refractivity contribution in [2.45, 2.75) is 71.4 Å². The summed E-state index contributed by atoms with van der Waals surface area (Å²) in [6, 6.07) is 15.6. The lowest BCUT2D eigenvalue weighted by Gasteiger charge is -2.29. The molecule has 12 nitrogen and oxygen atoms in total. The summed E-state index contributed by atoms with van der Waals surface area (Å²) in [4.78, 5) is 58.5. The van der Waals surface area contributed by atoms with E-state index in [0.717, 1.165) is 46.1 Å². The molecule has 1 aromatic heterocycles. The lowest BCUT2D eigenvalue weighted by atomic mass is 9.81. The number of aryl methyl sites for hydroxylation is 1. The van der Waals surface area contributed by atoms with E-state index in [-0.39, 0.29) is 35.4 Å². The quantitative estimate of drug-likeness (QED) is 0.125. The zero-order valence-electron chi connectivity index (χ0n) is 28.4. The summed E-state index contributed by atoms with van der Waals surface area (Å²) in [6.07, 6.45) is 4.28. The SMILES string of the molecule is Cc1cc2[nH]cnc2cc1-c1ccc(C[C@H](NC(=O)C2CCC(CNC(=O)OC(C)(C)C)CC2)C(=O)Nc2ccc(C(N)=O)c(N)c2)cc1. The Morgan fingerprint density at radius 3 is 2.37 bits per heavy atom. The van der Waals surface area contributed by atoms with Gasteiger partial charge in [-0.25, -0.2) is 9.78 Å². The maximum absolute atomic E-state index is 13.7. The van der Waals surface area contributed by atoms with Gasteiger partial charge in [0.1, 0.15) is 11.6 Å². The number of nitrogens with two attached hydrogens (primary N) is 2. The highest BCUT2D eigenvalue weighted by atomic mass is 16.6. The zero-order chi connectivity index (χ0) is 35.3. The van der Waals surface area contributed by atoms with Gasteiger partial charge in [-0.15, -0.1) is 0 Å². The van der Waals surface area contributed by atoms with Crippen LogP contribution in [-0.2, 0) is 20.7 Å². The third-order valence-corrected chi connectivity index (χ3v) is 8.84. The number of imidazole rings is 1. The molecule has 5 rings (SSSR count). The van der Waals surface area contributed by atoms with Crippen molar-refractivity contribution in [2.24, 2.45) is 17.6 Å². The molecule has 4 amide bonds. The Hall–Kier alpha value is -5.39. The number of ether oxygens (including phenoxy) is 1. The van der Waals surface area contributed by atoms with Crippen molar-refractivity contribution < 1.29 is 23.9 Å². The average Bonchev–Trinajstić information content (AvgIpc) is 3.50. The van der Waals surface area contributed by atoms with E-state index in [0.29, 0.717) is 25.1 Å². The molecular formula is C37H45N7O5. The third-order valence-electron chi connectivity index (χ3n) is 8.84. The molecule has 4 aromatic rings. The molecular weight excluding hydrogens is 622 g/mol. The lowest BCUT2D eigenvalue weighted by molar-refractivity contribution is -0.130. The Kier molecular flexibility index (Phi) is 10.5. The number of aromatic nitrogens is 2. The van der Waals surface area contributed by atoms with Crippen LogP contribution in [0, 0.1) is 18.8 Å². The van der Waals surface area contributed by atoms with Gasteiger partial charge in [-0.05, 0) is 112 Å². The van der Waals surface area contributed by atoms with Crippen LogP contribution >= 0.6 is 0 Å². The first-order chi connectivity index (χ1) is 23.3. The van der Waals surface area contributed by atoms with Gasteiger partial charge in [0.2, 0.25) is 11.8 Å². The van der Waals surface area contributed by atoms with E-state index in [9.17, 15) is 19.2 Å². The number of nitrogen functional groups attached to an aromatic ring is 1. The van der Waals surface area contributed by atoms with Crippen molar-refractivity contribution in [3.8, 4) is 11.1 Å². The van der Waals surface area contributed by atoms with Crippen LogP contribution in [0.3, 0.4) is 0 Å². The van der Waals surface area contributed by atoms with Crippen LogP contribution in [0.1, 0.15) is 67.9 Å². The predicted molar refractivity (Wildman–Crippen MR) is 190 cm³/mol. The highest BCUT2D eigenvalue weighted by molar-refractivity contribution is 6.01. The Balaban J connectivity index is 1.27. The number of H-pyrrole nitrogens is 1. The van der Waals surface area contributed by atoms with E-state index in [1.165, 1.54) is 12.1 Å². The van der Waals surface area contributed by atoms with Gasteiger partial charge in [0.05, 0.1) is 22.9 Å². The van der Waals surface area contributed by atoms with Gasteiger partial charge >= 0.3 is 6.09 Å². The second kappa shape index (κ2) is 14.8. The van der Waals surface area contributed by atoms with Crippen LogP contribution in [0.2, 0.25) is 0 Å². The van der Waals surface area contributed by atoms with Crippen LogP contribution in [0.4, 0.5) is 16.2 Å². The van der Waals surface area contributed by atoms with Crippen molar-refractivity contribution in [3.63, 3.8) is 0 Å². The second-order valence-electron chi connectivity index (χ2n) is 13.8. The fourth-order valence-electron chi connectivity index (χ4n) is 6.22. The molecule has 0 radical (unpaired) electrons. The Morgan fingerprint density at radius 2 is 1.71 bits per heavy atom. The minimum Gasteiger partial charge on any atom is -0.444 e. The molecule has 258 valence electrons. The number of nitrogens with one attached hydrogen (secondary N) is 4. The van der Waals surface area contributed by atoms with Crippen molar-refractivity contribution in [1.29, 1.82) is 0 Å². The summed E-state index contributed by atoms with van der Waals surface area (Å²) >= 11 is 0. The standard InChI is InChI=1S/C37H45N7O5/c1-21-15-30-31(42-20-41-30)18-28(21)24-9-5-22(6-10-24)16-32(35(47)43-26-13-14-27(33(39)45)29(38)17-26)44-34(46)25-11-7-23(8-12-25)19-40-36(48)49-37(2,3)4/h5-6,9-10,13-15,17-18,20,23,25,32H,7-8,11-12,16,19,38H2,1-4H3,(H2,39,45)(H,40,48)(H,41,42)(H,43,47)(H,44,46)/t23?,25?,32-/m0/s1. The molecule has 1 aliphatic carbocycles. The highest BCUT2D eigenvalue weighted by Crippen LogP contribution is 2.30. The fourth-order valence-corrected chi connectivity index (χ4v) is 6.22. The maximum atomic E-state index is 13.7. The van der Waals surface area contributed by atoms with Gasteiger partial charge in [-0.1, -0.05) is 24.3 Å². The Bertz CT molecular complexity index is 1840. The van der Waals surface area contributed by atoms with Gasteiger partial charge < -0.3 is 37.1 Å².